The summed E-state index contributed by atoms with van der Waals surface area (Å²) in [5.41, 5.74) is 1.19. The second-order valence-electron chi connectivity index (χ2n) is 2.28. The molecule has 0 fully saturated rings. The van der Waals surface area contributed by atoms with E-state index in [9.17, 15) is 0 Å². The zero-order chi connectivity index (χ0) is 8.10. The molecule has 0 saturated heterocycles. The summed E-state index contributed by atoms with van der Waals surface area (Å²) in [6.07, 6.45) is 5.43. The van der Waals surface area contributed by atoms with Gasteiger partial charge >= 0.3 is 0 Å². The molecule has 1 N–H and O–H groups in total. The molecule has 0 spiro atoms. The zero-order valence-electron chi connectivity index (χ0n) is 6.62. The predicted molar refractivity (Wildman–Crippen MR) is 46.2 cm³/mol. The maximum Gasteiger partial charge on any atom is 0.0502 e. The van der Waals surface area contributed by atoms with E-state index in [1.54, 1.807) is 12.4 Å². The standard InChI is InChI=1S/C9H12N2/c1-3-9(10-2)8-4-6-11-7-5-8/h3-7,9-10H,1H2,2H3. The maximum absolute atomic E-state index is 3.93. The minimum absolute atomic E-state index is 0.234. The Kier molecular flexibility index (Phi) is 2.81. The molecule has 1 atom stereocenters. The fourth-order valence-electron chi connectivity index (χ4n) is 0.991. The van der Waals surface area contributed by atoms with E-state index >= 15 is 0 Å². The lowest BCUT2D eigenvalue weighted by Gasteiger charge is -2.09. The highest BCUT2D eigenvalue weighted by Gasteiger charge is 2.01. The van der Waals surface area contributed by atoms with Crippen molar-refractivity contribution in [3.05, 3.63) is 42.7 Å². The van der Waals surface area contributed by atoms with Gasteiger partial charge in [0.15, 0.2) is 0 Å². The molecule has 0 aliphatic carbocycles. The second kappa shape index (κ2) is 3.88. The Morgan fingerprint density at radius 2 is 2.18 bits per heavy atom. The molecule has 2 heteroatoms. The first-order chi connectivity index (χ1) is 5.38. The van der Waals surface area contributed by atoms with E-state index in [0.717, 1.165) is 0 Å². The zero-order valence-corrected chi connectivity index (χ0v) is 6.62. The number of hydrogen-bond donors (Lipinski definition) is 1. The van der Waals surface area contributed by atoms with Crippen LogP contribution in [0.25, 0.3) is 0 Å². The lowest BCUT2D eigenvalue weighted by atomic mass is 10.1. The lowest BCUT2D eigenvalue weighted by Crippen LogP contribution is -2.13. The van der Waals surface area contributed by atoms with Crippen molar-refractivity contribution < 1.29 is 0 Å². The van der Waals surface area contributed by atoms with Crippen molar-refractivity contribution in [2.75, 3.05) is 7.05 Å². The molecule has 1 rings (SSSR count). The van der Waals surface area contributed by atoms with Crippen LogP contribution in [0, 0.1) is 0 Å². The number of rotatable bonds is 3. The fraction of sp³-hybridized carbons (Fsp3) is 0.222. The molecule has 0 radical (unpaired) electrons. The van der Waals surface area contributed by atoms with E-state index in [1.807, 2.05) is 25.3 Å². The minimum atomic E-state index is 0.234. The van der Waals surface area contributed by atoms with Crippen LogP contribution < -0.4 is 5.32 Å². The third kappa shape index (κ3) is 1.88. The first kappa shape index (κ1) is 7.95. The highest BCUT2D eigenvalue weighted by atomic mass is 14.9. The highest BCUT2D eigenvalue weighted by Crippen LogP contribution is 2.10. The molecule has 1 unspecified atom stereocenters. The fourth-order valence-corrected chi connectivity index (χ4v) is 0.991. The number of pyridine rings is 1. The van der Waals surface area contributed by atoms with Gasteiger partial charge in [-0.1, -0.05) is 6.08 Å². The van der Waals surface area contributed by atoms with Crippen LogP contribution in [0.15, 0.2) is 37.2 Å². The van der Waals surface area contributed by atoms with Crippen molar-refractivity contribution in [3.63, 3.8) is 0 Å². The average Bonchev–Trinajstić information content (AvgIpc) is 2.09. The summed E-state index contributed by atoms with van der Waals surface area (Å²) < 4.78 is 0. The van der Waals surface area contributed by atoms with Gasteiger partial charge in [0.05, 0.1) is 6.04 Å². The number of aromatic nitrogens is 1. The Balaban J connectivity index is 2.82. The van der Waals surface area contributed by atoms with E-state index in [1.165, 1.54) is 5.56 Å². The predicted octanol–water partition coefficient (Wildman–Crippen LogP) is 1.53. The van der Waals surface area contributed by atoms with Gasteiger partial charge in [-0.25, -0.2) is 0 Å². The summed E-state index contributed by atoms with van der Waals surface area (Å²) in [5, 5.41) is 3.12. The van der Waals surface area contributed by atoms with Gasteiger partial charge in [0.2, 0.25) is 0 Å². The van der Waals surface area contributed by atoms with Crippen LogP contribution in [-0.2, 0) is 0 Å². The van der Waals surface area contributed by atoms with E-state index < -0.39 is 0 Å². The first-order valence-corrected chi connectivity index (χ1v) is 3.58. The SMILES string of the molecule is C=CC(NC)c1ccncc1. The summed E-state index contributed by atoms with van der Waals surface area (Å²) in [4.78, 5) is 3.93. The molecule has 0 aliphatic rings. The minimum Gasteiger partial charge on any atom is -0.310 e. The van der Waals surface area contributed by atoms with Gasteiger partial charge in [0, 0.05) is 12.4 Å². The molecule has 0 bridgehead atoms. The number of nitrogens with one attached hydrogen (secondary N) is 1. The quantitative estimate of drug-likeness (QED) is 0.657. The molecule has 1 aromatic rings. The van der Waals surface area contributed by atoms with Gasteiger partial charge < -0.3 is 5.32 Å². The lowest BCUT2D eigenvalue weighted by molar-refractivity contribution is 0.715. The molecule has 0 saturated carbocycles. The Morgan fingerprint density at radius 3 is 2.64 bits per heavy atom. The van der Waals surface area contributed by atoms with Gasteiger partial charge in [0.25, 0.3) is 0 Å². The van der Waals surface area contributed by atoms with Gasteiger partial charge in [-0.3, -0.25) is 4.98 Å². The van der Waals surface area contributed by atoms with Gasteiger partial charge in [0.1, 0.15) is 0 Å². The normalized spacial score (nSPS) is 12.5. The largest absolute Gasteiger partial charge is 0.310 e. The molecule has 2 nitrogen and oxygen atoms in total. The van der Waals surface area contributed by atoms with Crippen LogP contribution in [0.3, 0.4) is 0 Å². The molecule has 11 heavy (non-hydrogen) atoms. The van der Waals surface area contributed by atoms with E-state index in [4.69, 9.17) is 0 Å². The molecule has 1 aromatic heterocycles. The maximum atomic E-state index is 3.93. The van der Waals surface area contributed by atoms with Crippen LogP contribution in [-0.4, -0.2) is 12.0 Å². The number of nitrogens with zero attached hydrogens (tertiary/aromatic N) is 1. The van der Waals surface area contributed by atoms with Gasteiger partial charge in [-0.2, -0.15) is 0 Å². The van der Waals surface area contributed by atoms with E-state index in [-0.39, 0.29) is 6.04 Å². The Labute approximate surface area is 67.0 Å². The van der Waals surface area contributed by atoms with Crippen molar-refractivity contribution in [3.8, 4) is 0 Å². The molecule has 0 amide bonds. The average molecular weight is 148 g/mol. The van der Waals surface area contributed by atoms with Crippen LogP contribution in [0.5, 0.6) is 0 Å². The van der Waals surface area contributed by atoms with Crippen molar-refractivity contribution in [2.24, 2.45) is 0 Å². The summed E-state index contributed by atoms with van der Waals surface area (Å²) in [5.74, 6) is 0. The van der Waals surface area contributed by atoms with Crippen molar-refractivity contribution in [1.29, 1.82) is 0 Å². The van der Waals surface area contributed by atoms with Crippen LogP contribution in [0.1, 0.15) is 11.6 Å². The third-order valence-corrected chi connectivity index (χ3v) is 1.61. The van der Waals surface area contributed by atoms with Crippen LogP contribution in [0.2, 0.25) is 0 Å². The van der Waals surface area contributed by atoms with Crippen molar-refractivity contribution >= 4 is 0 Å². The smallest absolute Gasteiger partial charge is 0.0502 e. The molecule has 0 aliphatic heterocycles. The number of likely N-dealkylation sites (N-methyl/N-ethyl adjacent to an activating group) is 1. The molecule has 58 valence electrons. The van der Waals surface area contributed by atoms with Crippen molar-refractivity contribution in [1.82, 2.24) is 10.3 Å². The second-order valence-corrected chi connectivity index (χ2v) is 2.28. The van der Waals surface area contributed by atoms with Crippen LogP contribution >= 0.6 is 0 Å². The number of hydrogen-bond acceptors (Lipinski definition) is 2. The van der Waals surface area contributed by atoms with Crippen molar-refractivity contribution in [2.45, 2.75) is 6.04 Å². The summed E-state index contributed by atoms with van der Waals surface area (Å²) in [7, 11) is 1.91. The van der Waals surface area contributed by atoms with Crippen LogP contribution in [0.4, 0.5) is 0 Å². The highest BCUT2D eigenvalue weighted by molar-refractivity contribution is 5.18. The summed E-state index contributed by atoms with van der Waals surface area (Å²) in [6, 6.07) is 4.18. The monoisotopic (exact) mass is 148 g/mol. The Hall–Kier alpha value is -1.15. The topological polar surface area (TPSA) is 24.9 Å². The van der Waals surface area contributed by atoms with Gasteiger partial charge in [-0.15, -0.1) is 6.58 Å². The molecular weight excluding hydrogens is 136 g/mol. The first-order valence-electron chi connectivity index (χ1n) is 3.58. The third-order valence-electron chi connectivity index (χ3n) is 1.61. The molecule has 0 aromatic carbocycles. The van der Waals surface area contributed by atoms with E-state index in [2.05, 4.69) is 16.9 Å². The Morgan fingerprint density at radius 1 is 1.55 bits per heavy atom. The summed E-state index contributed by atoms with van der Waals surface area (Å²) >= 11 is 0. The molecule has 1 heterocycles. The summed E-state index contributed by atoms with van der Waals surface area (Å²) in [6.45, 7) is 3.73. The molecular formula is C9H12N2. The van der Waals surface area contributed by atoms with E-state index in [0.29, 0.717) is 0 Å². The Bertz CT molecular complexity index is 218. The van der Waals surface area contributed by atoms with Gasteiger partial charge in [-0.05, 0) is 24.7 Å².